The minimum absolute atomic E-state index is 0.481. The van der Waals surface area contributed by atoms with Crippen molar-refractivity contribution in [2.45, 2.75) is 12.8 Å². The summed E-state index contributed by atoms with van der Waals surface area (Å²) >= 11 is 5.91. The Morgan fingerprint density at radius 3 is 3.14 bits per heavy atom. The normalized spacial score (nSPS) is 15.1. The fourth-order valence-corrected chi connectivity index (χ4v) is 2.12. The Morgan fingerprint density at radius 2 is 2.36 bits per heavy atom. The lowest BCUT2D eigenvalue weighted by molar-refractivity contribution is -0.106. The van der Waals surface area contributed by atoms with Crippen molar-refractivity contribution in [3.63, 3.8) is 0 Å². The zero-order valence-electron chi connectivity index (χ0n) is 7.87. The lowest BCUT2D eigenvalue weighted by Crippen LogP contribution is -2.30. The van der Waals surface area contributed by atoms with Crippen molar-refractivity contribution < 1.29 is 4.79 Å². The smallest absolute Gasteiger partial charge is 0.139 e. The third-order valence-corrected chi connectivity index (χ3v) is 2.79. The summed E-state index contributed by atoms with van der Waals surface area (Å²) < 4.78 is 0. The van der Waals surface area contributed by atoms with E-state index in [1.165, 1.54) is 5.56 Å². The lowest BCUT2D eigenvalue weighted by Gasteiger charge is -2.29. The van der Waals surface area contributed by atoms with Crippen molar-refractivity contribution in [1.82, 2.24) is 0 Å². The molecule has 74 valence electrons. The lowest BCUT2D eigenvalue weighted by atomic mass is 10.0. The third kappa shape index (κ3) is 1.75. The van der Waals surface area contributed by atoms with Crippen LogP contribution in [-0.4, -0.2) is 19.4 Å². The molecular weight excluding hydrogens is 198 g/mol. The summed E-state index contributed by atoms with van der Waals surface area (Å²) in [6, 6.07) is 5.87. The van der Waals surface area contributed by atoms with Gasteiger partial charge in [-0.2, -0.15) is 0 Å². The van der Waals surface area contributed by atoms with E-state index >= 15 is 0 Å². The largest absolute Gasteiger partial charge is 0.364 e. The average Bonchev–Trinajstić information content (AvgIpc) is 2.18. The maximum atomic E-state index is 10.5. The van der Waals surface area contributed by atoms with Crippen LogP contribution in [0.3, 0.4) is 0 Å². The number of rotatable bonds is 2. The van der Waals surface area contributed by atoms with Crippen molar-refractivity contribution in [2.75, 3.05) is 18.0 Å². The summed E-state index contributed by atoms with van der Waals surface area (Å²) in [4.78, 5) is 12.6. The van der Waals surface area contributed by atoms with Crippen LogP contribution in [0.5, 0.6) is 0 Å². The van der Waals surface area contributed by atoms with Gasteiger partial charge in [0.1, 0.15) is 6.29 Å². The van der Waals surface area contributed by atoms with Crippen LogP contribution in [0.15, 0.2) is 18.2 Å². The first-order chi connectivity index (χ1) is 6.81. The summed E-state index contributed by atoms with van der Waals surface area (Å²) in [5.41, 5.74) is 2.42. The van der Waals surface area contributed by atoms with Crippen molar-refractivity contribution in [1.29, 1.82) is 0 Å². The fraction of sp³-hybridized carbons (Fsp3) is 0.364. The predicted molar refractivity (Wildman–Crippen MR) is 58.1 cm³/mol. The Balaban J connectivity index is 2.34. The van der Waals surface area contributed by atoms with Crippen LogP contribution in [-0.2, 0) is 11.2 Å². The van der Waals surface area contributed by atoms with Gasteiger partial charge in [-0.1, -0.05) is 11.6 Å². The molecule has 0 radical (unpaired) electrons. The number of aldehydes is 1. The number of halogens is 1. The Kier molecular flexibility index (Phi) is 2.73. The van der Waals surface area contributed by atoms with Gasteiger partial charge in [-0.05, 0) is 36.6 Å². The number of anilines is 1. The average molecular weight is 210 g/mol. The van der Waals surface area contributed by atoms with E-state index in [0.29, 0.717) is 6.54 Å². The number of hydrogen-bond donors (Lipinski definition) is 0. The molecule has 14 heavy (non-hydrogen) atoms. The van der Waals surface area contributed by atoms with E-state index in [-0.39, 0.29) is 0 Å². The Hall–Kier alpha value is -1.02. The van der Waals surface area contributed by atoms with Gasteiger partial charge in [0.05, 0.1) is 6.54 Å². The highest BCUT2D eigenvalue weighted by Crippen LogP contribution is 2.28. The number of carbonyl (C=O) groups is 1. The second-order valence-corrected chi connectivity index (χ2v) is 3.93. The van der Waals surface area contributed by atoms with Crippen LogP contribution in [0.1, 0.15) is 12.0 Å². The maximum Gasteiger partial charge on any atom is 0.139 e. The molecule has 0 aliphatic carbocycles. The van der Waals surface area contributed by atoms with Gasteiger partial charge in [-0.3, -0.25) is 0 Å². The molecule has 0 spiro atoms. The molecule has 2 rings (SSSR count). The standard InChI is InChI=1S/C11H12ClNO/c12-10-3-4-11-9(8-10)2-1-5-13(11)6-7-14/h3-4,7-8H,1-2,5-6H2. The molecule has 1 heterocycles. The van der Waals surface area contributed by atoms with Crippen LogP contribution in [0.25, 0.3) is 0 Å². The summed E-state index contributed by atoms with van der Waals surface area (Å²) in [6.07, 6.45) is 3.11. The van der Waals surface area contributed by atoms with Gasteiger partial charge in [0.25, 0.3) is 0 Å². The van der Waals surface area contributed by atoms with E-state index in [4.69, 9.17) is 11.6 Å². The van der Waals surface area contributed by atoms with Gasteiger partial charge in [0, 0.05) is 17.3 Å². The molecule has 0 aromatic heterocycles. The van der Waals surface area contributed by atoms with E-state index in [0.717, 1.165) is 36.4 Å². The first-order valence-corrected chi connectivity index (χ1v) is 5.16. The molecule has 0 amide bonds. The predicted octanol–water partition coefficient (Wildman–Crippen LogP) is 2.29. The molecule has 0 unspecified atom stereocenters. The van der Waals surface area contributed by atoms with E-state index in [9.17, 15) is 4.79 Å². The van der Waals surface area contributed by atoms with Crippen LogP contribution >= 0.6 is 11.6 Å². The summed E-state index contributed by atoms with van der Waals surface area (Å²) in [5, 5.41) is 0.775. The molecule has 3 heteroatoms. The van der Waals surface area contributed by atoms with Gasteiger partial charge in [-0.15, -0.1) is 0 Å². The summed E-state index contributed by atoms with van der Waals surface area (Å²) in [5.74, 6) is 0. The number of nitrogens with zero attached hydrogens (tertiary/aromatic N) is 1. The Labute approximate surface area is 88.5 Å². The molecule has 0 saturated carbocycles. The number of carbonyl (C=O) groups excluding carboxylic acids is 1. The number of benzene rings is 1. The molecule has 1 aromatic carbocycles. The quantitative estimate of drug-likeness (QED) is 0.697. The van der Waals surface area contributed by atoms with Crippen LogP contribution in [0.4, 0.5) is 5.69 Å². The minimum atomic E-state index is 0.481. The highest BCUT2D eigenvalue weighted by atomic mass is 35.5. The molecule has 1 aliphatic heterocycles. The second-order valence-electron chi connectivity index (χ2n) is 3.49. The number of hydrogen-bond acceptors (Lipinski definition) is 2. The monoisotopic (exact) mass is 209 g/mol. The highest BCUT2D eigenvalue weighted by molar-refractivity contribution is 6.30. The van der Waals surface area contributed by atoms with E-state index in [2.05, 4.69) is 4.90 Å². The number of aryl methyl sites for hydroxylation is 1. The topological polar surface area (TPSA) is 20.3 Å². The second kappa shape index (κ2) is 4.01. The van der Waals surface area contributed by atoms with Crippen LogP contribution in [0.2, 0.25) is 5.02 Å². The fourth-order valence-electron chi connectivity index (χ4n) is 1.92. The van der Waals surface area contributed by atoms with Crippen molar-refractivity contribution in [3.05, 3.63) is 28.8 Å². The first kappa shape index (κ1) is 9.53. The first-order valence-electron chi connectivity index (χ1n) is 4.78. The van der Waals surface area contributed by atoms with Crippen molar-refractivity contribution in [2.24, 2.45) is 0 Å². The van der Waals surface area contributed by atoms with E-state index in [1.807, 2.05) is 18.2 Å². The van der Waals surface area contributed by atoms with Gasteiger partial charge >= 0.3 is 0 Å². The Bertz CT molecular complexity index is 351. The molecule has 0 fully saturated rings. The van der Waals surface area contributed by atoms with Crippen molar-refractivity contribution in [3.8, 4) is 0 Å². The molecular formula is C11H12ClNO. The molecule has 1 aliphatic rings. The van der Waals surface area contributed by atoms with Gasteiger partial charge in [-0.25, -0.2) is 0 Å². The van der Waals surface area contributed by atoms with Gasteiger partial charge in [0.15, 0.2) is 0 Å². The molecule has 2 nitrogen and oxygen atoms in total. The third-order valence-electron chi connectivity index (χ3n) is 2.55. The zero-order valence-corrected chi connectivity index (χ0v) is 8.63. The zero-order chi connectivity index (χ0) is 9.97. The molecule has 0 N–H and O–H groups in total. The molecule has 1 aromatic rings. The summed E-state index contributed by atoms with van der Waals surface area (Å²) in [6.45, 7) is 1.45. The van der Waals surface area contributed by atoms with E-state index < -0.39 is 0 Å². The highest BCUT2D eigenvalue weighted by Gasteiger charge is 2.15. The SMILES string of the molecule is O=CCN1CCCc2cc(Cl)ccc21. The maximum absolute atomic E-state index is 10.5. The minimum Gasteiger partial charge on any atom is -0.364 e. The Morgan fingerprint density at radius 1 is 1.50 bits per heavy atom. The van der Waals surface area contributed by atoms with Crippen LogP contribution < -0.4 is 4.90 Å². The van der Waals surface area contributed by atoms with Crippen LogP contribution in [0, 0.1) is 0 Å². The van der Waals surface area contributed by atoms with Crippen molar-refractivity contribution >= 4 is 23.6 Å². The summed E-state index contributed by atoms with van der Waals surface area (Å²) in [7, 11) is 0. The molecule has 0 atom stereocenters. The van der Waals surface area contributed by atoms with E-state index in [1.54, 1.807) is 0 Å². The molecule has 0 bridgehead atoms. The van der Waals surface area contributed by atoms with Gasteiger partial charge < -0.3 is 9.69 Å². The molecule has 0 saturated heterocycles. The number of fused-ring (bicyclic) bond motifs is 1. The van der Waals surface area contributed by atoms with Gasteiger partial charge in [0.2, 0.25) is 0 Å².